The van der Waals surface area contributed by atoms with Gasteiger partial charge in [0.1, 0.15) is 6.04 Å². The van der Waals surface area contributed by atoms with Crippen LogP contribution < -0.4 is 5.32 Å². The summed E-state index contributed by atoms with van der Waals surface area (Å²) in [7, 11) is 1.68. The highest BCUT2D eigenvalue weighted by Crippen LogP contribution is 2.32. The maximum absolute atomic E-state index is 13.0. The first-order valence-corrected chi connectivity index (χ1v) is 7.24. The number of rotatable bonds is 2. The van der Waals surface area contributed by atoms with Gasteiger partial charge in [0.2, 0.25) is 5.91 Å². The lowest BCUT2D eigenvalue weighted by molar-refractivity contribution is -0.196. The van der Waals surface area contributed by atoms with Crippen molar-refractivity contribution in [3.05, 3.63) is 17.5 Å². The molecule has 1 aliphatic rings. The Morgan fingerprint density at radius 2 is 2.00 bits per heavy atom. The molecule has 0 aliphatic carbocycles. The molecule has 0 saturated carbocycles. The van der Waals surface area contributed by atoms with Gasteiger partial charge in [-0.3, -0.25) is 14.3 Å². The normalized spacial score (nSPS) is 22.1. The molecular formula is C14H19F3N4O2. The first-order valence-electron chi connectivity index (χ1n) is 7.24. The SMILES string of the molecule is CC(=O)N1CC(NC(=O)c2cn(C)nc2C)CCC1C(F)(F)F. The lowest BCUT2D eigenvalue weighted by Gasteiger charge is -2.40. The van der Waals surface area contributed by atoms with Crippen LogP contribution in [0.4, 0.5) is 13.2 Å². The Morgan fingerprint density at radius 1 is 1.35 bits per heavy atom. The number of amides is 2. The molecule has 2 heterocycles. The van der Waals surface area contributed by atoms with Crippen LogP contribution in [0.25, 0.3) is 0 Å². The van der Waals surface area contributed by atoms with Gasteiger partial charge in [0.05, 0.1) is 11.3 Å². The van der Waals surface area contributed by atoms with Crippen LogP contribution in [0.2, 0.25) is 0 Å². The zero-order chi connectivity index (χ0) is 17.4. The number of nitrogens with zero attached hydrogens (tertiary/aromatic N) is 3. The Labute approximate surface area is 131 Å². The van der Waals surface area contributed by atoms with E-state index in [-0.39, 0.29) is 19.4 Å². The van der Waals surface area contributed by atoms with E-state index in [1.165, 1.54) is 4.68 Å². The molecule has 1 saturated heterocycles. The van der Waals surface area contributed by atoms with Gasteiger partial charge in [0.25, 0.3) is 5.91 Å². The molecule has 1 fully saturated rings. The topological polar surface area (TPSA) is 67.2 Å². The second-order valence-corrected chi connectivity index (χ2v) is 5.78. The summed E-state index contributed by atoms with van der Waals surface area (Å²) < 4.78 is 40.4. The van der Waals surface area contributed by atoms with Crippen LogP contribution in [-0.2, 0) is 11.8 Å². The summed E-state index contributed by atoms with van der Waals surface area (Å²) in [6, 6.07) is -2.29. The van der Waals surface area contributed by atoms with E-state index >= 15 is 0 Å². The predicted octanol–water partition coefficient (Wildman–Crippen LogP) is 1.40. The van der Waals surface area contributed by atoms with Crippen molar-refractivity contribution in [3.63, 3.8) is 0 Å². The van der Waals surface area contributed by atoms with Crippen LogP contribution in [0.15, 0.2) is 6.20 Å². The summed E-state index contributed by atoms with van der Waals surface area (Å²) in [5.41, 5.74) is 0.914. The zero-order valence-corrected chi connectivity index (χ0v) is 13.1. The van der Waals surface area contributed by atoms with Gasteiger partial charge in [0, 0.05) is 32.8 Å². The minimum atomic E-state index is -4.46. The number of likely N-dealkylation sites (tertiary alicyclic amines) is 1. The third kappa shape index (κ3) is 3.83. The third-order valence-corrected chi connectivity index (χ3v) is 3.96. The highest BCUT2D eigenvalue weighted by atomic mass is 19.4. The van der Waals surface area contributed by atoms with Crippen LogP contribution >= 0.6 is 0 Å². The number of piperidine rings is 1. The third-order valence-electron chi connectivity index (χ3n) is 3.96. The van der Waals surface area contributed by atoms with Crippen molar-refractivity contribution in [1.29, 1.82) is 0 Å². The lowest BCUT2D eigenvalue weighted by atomic mass is 9.97. The van der Waals surface area contributed by atoms with Crippen molar-refractivity contribution in [2.45, 2.75) is 44.9 Å². The van der Waals surface area contributed by atoms with Crippen LogP contribution in [0.3, 0.4) is 0 Å². The van der Waals surface area contributed by atoms with E-state index in [0.29, 0.717) is 11.3 Å². The molecule has 6 nitrogen and oxygen atoms in total. The summed E-state index contributed by atoms with van der Waals surface area (Å²) in [6.45, 7) is 2.64. The number of carbonyl (C=O) groups excluding carboxylic acids is 2. The molecular weight excluding hydrogens is 313 g/mol. The monoisotopic (exact) mass is 332 g/mol. The van der Waals surface area contributed by atoms with Gasteiger partial charge in [0.15, 0.2) is 0 Å². The van der Waals surface area contributed by atoms with E-state index in [9.17, 15) is 22.8 Å². The molecule has 2 unspecified atom stereocenters. The smallest absolute Gasteiger partial charge is 0.347 e. The van der Waals surface area contributed by atoms with Crippen molar-refractivity contribution in [3.8, 4) is 0 Å². The van der Waals surface area contributed by atoms with Crippen LogP contribution in [-0.4, -0.2) is 51.3 Å². The molecule has 0 aromatic carbocycles. The molecule has 2 amide bonds. The zero-order valence-electron chi connectivity index (χ0n) is 13.1. The largest absolute Gasteiger partial charge is 0.408 e. The second kappa shape index (κ2) is 6.21. The molecule has 1 aromatic heterocycles. The Bertz CT molecular complexity index is 612. The number of aryl methyl sites for hydroxylation is 2. The van der Waals surface area contributed by atoms with Crippen molar-refractivity contribution in [1.82, 2.24) is 20.0 Å². The van der Waals surface area contributed by atoms with Gasteiger partial charge >= 0.3 is 6.18 Å². The summed E-state index contributed by atoms with van der Waals surface area (Å²) in [5, 5.41) is 6.75. The molecule has 1 aliphatic heterocycles. The van der Waals surface area contributed by atoms with Crippen molar-refractivity contribution < 1.29 is 22.8 Å². The van der Waals surface area contributed by atoms with E-state index < -0.39 is 30.1 Å². The Hall–Kier alpha value is -2.06. The summed E-state index contributed by atoms with van der Waals surface area (Å²) in [4.78, 5) is 24.5. The minimum absolute atomic E-state index is 0.148. The highest BCUT2D eigenvalue weighted by molar-refractivity contribution is 5.95. The molecule has 0 spiro atoms. The quantitative estimate of drug-likeness (QED) is 0.890. The van der Waals surface area contributed by atoms with Crippen molar-refractivity contribution in [2.24, 2.45) is 7.05 Å². The average molecular weight is 332 g/mol. The maximum Gasteiger partial charge on any atom is 0.408 e. The highest BCUT2D eigenvalue weighted by Gasteiger charge is 2.47. The van der Waals surface area contributed by atoms with E-state index in [1.54, 1.807) is 20.2 Å². The first kappa shape index (κ1) is 17.3. The number of aromatic nitrogens is 2. The Balaban J connectivity index is 2.07. The van der Waals surface area contributed by atoms with E-state index in [1.807, 2.05) is 0 Å². The van der Waals surface area contributed by atoms with E-state index in [2.05, 4.69) is 10.4 Å². The Kier molecular flexibility index (Phi) is 4.67. The Morgan fingerprint density at radius 3 is 2.48 bits per heavy atom. The summed E-state index contributed by atoms with van der Waals surface area (Å²) in [5.74, 6) is -1.04. The van der Waals surface area contributed by atoms with Gasteiger partial charge < -0.3 is 10.2 Å². The molecule has 1 aromatic rings. The molecule has 2 atom stereocenters. The number of nitrogens with one attached hydrogen (secondary N) is 1. The second-order valence-electron chi connectivity index (χ2n) is 5.78. The van der Waals surface area contributed by atoms with E-state index in [4.69, 9.17) is 0 Å². The standard InChI is InChI=1S/C14H19F3N4O2/c1-8-11(7-20(3)19-8)13(23)18-10-4-5-12(14(15,16)17)21(6-10)9(2)22/h7,10,12H,4-6H2,1-3H3,(H,18,23). The number of hydrogen-bond donors (Lipinski definition) is 1. The number of hydrogen-bond acceptors (Lipinski definition) is 3. The maximum atomic E-state index is 13.0. The number of carbonyl (C=O) groups is 2. The summed E-state index contributed by atoms with van der Waals surface area (Å²) >= 11 is 0. The molecule has 2 rings (SSSR count). The lowest BCUT2D eigenvalue weighted by Crippen LogP contribution is -2.57. The molecule has 128 valence electrons. The van der Waals surface area contributed by atoms with Crippen molar-refractivity contribution in [2.75, 3.05) is 6.54 Å². The van der Waals surface area contributed by atoms with Crippen LogP contribution in [0, 0.1) is 6.92 Å². The number of alkyl halides is 3. The first-order chi connectivity index (χ1) is 10.6. The van der Waals surface area contributed by atoms with Gasteiger partial charge in [-0.25, -0.2) is 0 Å². The van der Waals surface area contributed by atoms with E-state index in [0.717, 1.165) is 11.8 Å². The van der Waals surface area contributed by atoms with Gasteiger partial charge in [-0.2, -0.15) is 18.3 Å². The van der Waals surface area contributed by atoms with Gasteiger partial charge in [-0.15, -0.1) is 0 Å². The van der Waals surface area contributed by atoms with Gasteiger partial charge in [-0.05, 0) is 19.8 Å². The molecule has 1 N–H and O–H groups in total. The molecule has 0 bridgehead atoms. The fraction of sp³-hybridized carbons (Fsp3) is 0.643. The fourth-order valence-electron chi connectivity index (χ4n) is 2.86. The summed E-state index contributed by atoms with van der Waals surface area (Å²) in [6.07, 6.45) is -2.96. The van der Waals surface area contributed by atoms with Crippen LogP contribution in [0.5, 0.6) is 0 Å². The number of halogens is 3. The van der Waals surface area contributed by atoms with Gasteiger partial charge in [-0.1, -0.05) is 0 Å². The molecule has 9 heteroatoms. The minimum Gasteiger partial charge on any atom is -0.347 e. The molecule has 23 heavy (non-hydrogen) atoms. The van der Waals surface area contributed by atoms with Crippen molar-refractivity contribution >= 4 is 11.8 Å². The average Bonchev–Trinajstić information content (AvgIpc) is 2.76. The van der Waals surface area contributed by atoms with Crippen LogP contribution in [0.1, 0.15) is 35.8 Å². The fourth-order valence-corrected chi connectivity index (χ4v) is 2.86. The molecule has 0 radical (unpaired) electrons. The predicted molar refractivity (Wildman–Crippen MR) is 75.7 cm³/mol.